The van der Waals surface area contributed by atoms with E-state index in [2.05, 4.69) is 15.0 Å². The number of ether oxygens (including phenoxy) is 1. The average molecular weight is 577 g/mol. The van der Waals surface area contributed by atoms with Crippen LogP contribution in [0.4, 0.5) is 22.7 Å². The number of aryl methyl sites for hydroxylation is 2. The lowest BCUT2D eigenvalue weighted by Crippen LogP contribution is -2.38. The van der Waals surface area contributed by atoms with Gasteiger partial charge in [0.25, 0.3) is 5.56 Å². The minimum atomic E-state index is -4.68. The van der Waals surface area contributed by atoms with Gasteiger partial charge in [-0.3, -0.25) is 27.9 Å². The predicted molar refractivity (Wildman–Crippen MR) is 130 cm³/mol. The number of hydrogen-bond acceptors (Lipinski definition) is 7. The van der Waals surface area contributed by atoms with Crippen molar-refractivity contribution in [2.45, 2.75) is 12.7 Å². The lowest BCUT2D eigenvalue weighted by molar-refractivity contribution is -0.153. The molecule has 11 nitrogen and oxygen atoms in total. The van der Waals surface area contributed by atoms with Gasteiger partial charge in [-0.05, 0) is 12.1 Å². The van der Waals surface area contributed by atoms with Gasteiger partial charge in [-0.1, -0.05) is 11.6 Å². The molecule has 0 saturated carbocycles. The number of benzene rings is 1. The van der Waals surface area contributed by atoms with Gasteiger partial charge in [-0.15, -0.1) is 11.3 Å². The summed E-state index contributed by atoms with van der Waals surface area (Å²) >= 11 is 6.84. The van der Waals surface area contributed by atoms with Gasteiger partial charge in [0.2, 0.25) is 5.91 Å². The van der Waals surface area contributed by atoms with Crippen LogP contribution >= 0.6 is 22.9 Å². The number of thiazole rings is 1. The minimum Gasteiger partial charge on any atom is -0.479 e. The molecule has 4 rings (SSSR count). The Bertz CT molecular complexity index is 1740. The van der Waals surface area contributed by atoms with Gasteiger partial charge in [-0.2, -0.15) is 13.2 Å². The van der Waals surface area contributed by atoms with E-state index in [-0.39, 0.29) is 27.6 Å². The van der Waals surface area contributed by atoms with Gasteiger partial charge in [0.1, 0.15) is 6.54 Å². The molecule has 0 spiro atoms. The summed E-state index contributed by atoms with van der Waals surface area (Å²) in [7, 11) is 3.98. The van der Waals surface area contributed by atoms with E-state index in [4.69, 9.17) is 11.6 Å². The normalized spacial score (nSPS) is 11.8. The van der Waals surface area contributed by atoms with Crippen LogP contribution in [-0.2, 0) is 32.5 Å². The van der Waals surface area contributed by atoms with E-state index in [9.17, 15) is 36.7 Å². The highest BCUT2D eigenvalue weighted by Gasteiger charge is 2.30. The number of hydrogen-bond donors (Lipinski definition) is 1. The van der Waals surface area contributed by atoms with Crippen LogP contribution in [0.1, 0.15) is 0 Å². The molecular weight excluding hydrogens is 560 g/mol. The number of carbonyl (C=O) groups excluding carboxylic acids is 1. The van der Waals surface area contributed by atoms with Crippen LogP contribution in [0.15, 0.2) is 31.9 Å². The average Bonchev–Trinajstić information content (AvgIpc) is 3.38. The van der Waals surface area contributed by atoms with Gasteiger partial charge >= 0.3 is 17.6 Å². The van der Waals surface area contributed by atoms with Gasteiger partial charge in [-0.25, -0.2) is 19.0 Å². The molecule has 4 aromatic rings. The summed E-state index contributed by atoms with van der Waals surface area (Å²) in [5, 5.41) is 3.54. The van der Waals surface area contributed by atoms with E-state index in [1.165, 1.54) is 26.5 Å². The number of fused-ring (bicyclic) bond motifs is 1. The zero-order valence-corrected chi connectivity index (χ0v) is 21.3. The summed E-state index contributed by atoms with van der Waals surface area (Å²) in [5.41, 5.74) is -1.95. The van der Waals surface area contributed by atoms with Crippen molar-refractivity contribution in [3.63, 3.8) is 0 Å². The summed E-state index contributed by atoms with van der Waals surface area (Å²) in [5.74, 6) is -2.63. The Morgan fingerprint density at radius 3 is 2.39 bits per heavy atom. The molecule has 202 valence electrons. The highest BCUT2D eigenvalue weighted by Crippen LogP contribution is 2.35. The second-order valence-corrected chi connectivity index (χ2v) is 9.33. The van der Waals surface area contributed by atoms with Crippen LogP contribution in [0.5, 0.6) is 5.75 Å². The number of imidazole rings is 1. The molecule has 0 aliphatic heterocycles. The monoisotopic (exact) mass is 576 g/mol. The zero-order chi connectivity index (χ0) is 28.1. The van der Waals surface area contributed by atoms with Crippen LogP contribution < -0.4 is 27.0 Å². The number of aromatic nitrogens is 5. The number of alkyl halides is 3. The molecule has 1 amide bonds. The maximum absolute atomic E-state index is 14.4. The summed E-state index contributed by atoms with van der Waals surface area (Å²) in [6.45, 7) is -2.30. The van der Waals surface area contributed by atoms with E-state index >= 15 is 0 Å². The molecule has 0 fully saturated rings. The summed E-state index contributed by atoms with van der Waals surface area (Å²) in [4.78, 5) is 54.5. The van der Waals surface area contributed by atoms with Crippen molar-refractivity contribution in [2.75, 3.05) is 11.9 Å². The maximum Gasteiger partial charge on any atom is 0.422 e. The Morgan fingerprint density at radius 1 is 1.11 bits per heavy atom. The van der Waals surface area contributed by atoms with E-state index in [0.29, 0.717) is 0 Å². The molecule has 0 unspecified atom stereocenters. The molecule has 0 aliphatic rings. The first kappa shape index (κ1) is 27.1. The second kappa shape index (κ2) is 9.75. The number of carbonyl (C=O) groups is 1. The molecule has 0 aliphatic carbocycles. The number of rotatable bonds is 6. The van der Waals surface area contributed by atoms with Crippen LogP contribution in [0.3, 0.4) is 0 Å². The molecule has 0 radical (unpaired) electrons. The topological polar surface area (TPSA) is 122 Å². The van der Waals surface area contributed by atoms with E-state index in [0.717, 1.165) is 41.7 Å². The Hall–Kier alpha value is -3.92. The summed E-state index contributed by atoms with van der Waals surface area (Å²) in [6, 6.07) is 2.04. The first-order valence-electron chi connectivity index (χ1n) is 10.5. The van der Waals surface area contributed by atoms with Crippen molar-refractivity contribution < 1.29 is 27.1 Å². The molecule has 38 heavy (non-hydrogen) atoms. The number of amides is 1. The third kappa shape index (κ3) is 4.96. The third-order valence-corrected chi connectivity index (χ3v) is 6.48. The molecule has 0 atom stereocenters. The first-order chi connectivity index (χ1) is 17.7. The van der Waals surface area contributed by atoms with Crippen LogP contribution in [0, 0.1) is 5.82 Å². The number of anilines is 1. The molecule has 17 heteroatoms. The van der Waals surface area contributed by atoms with Gasteiger partial charge < -0.3 is 10.1 Å². The molecular formula is C21H17ClF4N6O5S. The number of nitrogens with one attached hydrogen (secondary N) is 1. The number of halogens is 5. The molecule has 3 aromatic heterocycles. The molecule has 3 heterocycles. The van der Waals surface area contributed by atoms with Crippen LogP contribution in [-0.4, -0.2) is 41.9 Å². The third-order valence-electron chi connectivity index (χ3n) is 5.44. The lowest BCUT2D eigenvalue weighted by atomic mass is 10.1. The Morgan fingerprint density at radius 2 is 1.76 bits per heavy atom. The Kier molecular flexibility index (Phi) is 6.96. The Balaban J connectivity index is 1.57. The fourth-order valence-electron chi connectivity index (χ4n) is 3.72. The Labute approximate surface area is 218 Å². The van der Waals surface area contributed by atoms with Gasteiger partial charge in [0.15, 0.2) is 34.5 Å². The molecule has 0 bridgehead atoms. The maximum atomic E-state index is 14.4. The fraction of sp³-hybridized carbons (Fsp3) is 0.286. The van der Waals surface area contributed by atoms with Crippen molar-refractivity contribution in [1.82, 2.24) is 23.3 Å². The lowest BCUT2D eigenvalue weighted by Gasteiger charge is -2.12. The second-order valence-electron chi connectivity index (χ2n) is 8.06. The smallest absolute Gasteiger partial charge is 0.422 e. The summed E-state index contributed by atoms with van der Waals surface area (Å²) < 4.78 is 59.9. The van der Waals surface area contributed by atoms with Gasteiger partial charge in [0.05, 0.1) is 10.7 Å². The summed E-state index contributed by atoms with van der Waals surface area (Å²) in [6.07, 6.45) is -4.68. The predicted octanol–water partition coefficient (Wildman–Crippen LogP) is 2.23. The molecule has 1 aromatic carbocycles. The van der Waals surface area contributed by atoms with E-state index in [1.807, 2.05) is 0 Å². The quantitative estimate of drug-likeness (QED) is 0.351. The van der Waals surface area contributed by atoms with Crippen molar-refractivity contribution in [2.24, 2.45) is 21.1 Å². The molecule has 0 saturated heterocycles. The van der Waals surface area contributed by atoms with Crippen LogP contribution in [0.25, 0.3) is 22.4 Å². The standard InChI is InChI=1S/C21H17ClF4N6O5S/c1-29-16-14(17(34)31(3)19(29)35)32(20(36)30(16)2)6-13(33)28-18-27-12(7-38-18)9-4-10(22)15(11(23)5-9)37-8-21(24,25)26/h4-5,7H,6,8H2,1-3H3,(H,27,28,33). The first-order valence-corrected chi connectivity index (χ1v) is 11.7. The van der Waals surface area contributed by atoms with Gasteiger partial charge in [0, 0.05) is 32.1 Å². The van der Waals surface area contributed by atoms with E-state index < -0.39 is 58.8 Å². The highest BCUT2D eigenvalue weighted by molar-refractivity contribution is 7.14. The zero-order valence-electron chi connectivity index (χ0n) is 19.7. The SMILES string of the molecule is Cn1c(=O)c2c(n(C)c1=O)n(C)c(=O)n2CC(=O)Nc1nc(-c2cc(F)c(OCC(F)(F)F)c(Cl)c2)cs1. The largest absolute Gasteiger partial charge is 0.479 e. The molecule has 1 N–H and O–H groups in total. The van der Waals surface area contributed by atoms with Crippen molar-refractivity contribution in [3.8, 4) is 17.0 Å². The van der Waals surface area contributed by atoms with Crippen LogP contribution in [0.2, 0.25) is 5.02 Å². The number of nitrogens with zero attached hydrogens (tertiary/aromatic N) is 5. The highest BCUT2D eigenvalue weighted by atomic mass is 35.5. The van der Waals surface area contributed by atoms with Crippen molar-refractivity contribution >= 4 is 45.1 Å². The van der Waals surface area contributed by atoms with E-state index in [1.54, 1.807) is 0 Å². The van der Waals surface area contributed by atoms with Crippen molar-refractivity contribution in [1.29, 1.82) is 0 Å². The van der Waals surface area contributed by atoms with Crippen molar-refractivity contribution in [3.05, 3.63) is 59.7 Å². The minimum absolute atomic E-state index is 0.0361. The fourth-order valence-corrected chi connectivity index (χ4v) is 4.71.